The zero-order valence-corrected chi connectivity index (χ0v) is 11.9. The molecule has 6 nitrogen and oxygen atoms in total. The number of amides is 2. The number of hydrogen-bond acceptors (Lipinski definition) is 4. The van der Waals surface area contributed by atoms with Crippen molar-refractivity contribution in [3.8, 4) is 0 Å². The maximum absolute atomic E-state index is 11.9. The summed E-state index contributed by atoms with van der Waals surface area (Å²) >= 11 is 0. The van der Waals surface area contributed by atoms with Crippen molar-refractivity contribution in [2.45, 2.75) is 12.8 Å². The van der Waals surface area contributed by atoms with Crippen LogP contribution in [0, 0.1) is 0 Å². The van der Waals surface area contributed by atoms with Crippen molar-refractivity contribution in [1.82, 2.24) is 5.32 Å². The van der Waals surface area contributed by atoms with E-state index in [1.165, 1.54) is 0 Å². The smallest absolute Gasteiger partial charge is 0.251 e. The summed E-state index contributed by atoms with van der Waals surface area (Å²) < 4.78 is 21.9. The summed E-state index contributed by atoms with van der Waals surface area (Å²) in [5.41, 5.74) is 1.99. The monoisotopic (exact) mass is 296 g/mol. The van der Waals surface area contributed by atoms with E-state index in [2.05, 4.69) is 10.6 Å². The van der Waals surface area contributed by atoms with Gasteiger partial charge >= 0.3 is 0 Å². The van der Waals surface area contributed by atoms with Gasteiger partial charge in [0.05, 0.1) is 12.2 Å². The van der Waals surface area contributed by atoms with E-state index in [4.69, 9.17) is 0 Å². The van der Waals surface area contributed by atoms with Gasteiger partial charge in [-0.25, -0.2) is 8.42 Å². The van der Waals surface area contributed by atoms with Crippen LogP contribution in [0.2, 0.25) is 0 Å². The second-order valence-electron chi connectivity index (χ2n) is 4.84. The van der Waals surface area contributed by atoms with Gasteiger partial charge in [-0.2, -0.15) is 0 Å². The lowest BCUT2D eigenvalue weighted by Gasteiger charge is -2.06. The number of hydrogen-bond donors (Lipinski definition) is 2. The second kappa shape index (κ2) is 5.62. The predicted octanol–water partition coefficient (Wildman–Crippen LogP) is 0.346. The van der Waals surface area contributed by atoms with Crippen LogP contribution in [0.4, 0.5) is 5.69 Å². The Morgan fingerprint density at radius 3 is 2.85 bits per heavy atom. The summed E-state index contributed by atoms with van der Waals surface area (Å²) in [7, 11) is -3.00. The molecule has 108 valence electrons. The molecule has 1 heterocycles. The molecule has 0 saturated carbocycles. The molecule has 1 aliphatic rings. The van der Waals surface area contributed by atoms with E-state index in [-0.39, 0.29) is 17.6 Å². The van der Waals surface area contributed by atoms with Crippen LogP contribution in [0.3, 0.4) is 0 Å². The van der Waals surface area contributed by atoms with Gasteiger partial charge in [0.1, 0.15) is 9.84 Å². The molecule has 7 heteroatoms. The lowest BCUT2D eigenvalue weighted by Crippen LogP contribution is -2.25. The minimum Gasteiger partial charge on any atom is -0.352 e. The summed E-state index contributed by atoms with van der Waals surface area (Å²) in [5.74, 6) is -0.304. The van der Waals surface area contributed by atoms with Crippen molar-refractivity contribution in [1.29, 1.82) is 0 Å². The molecule has 0 spiro atoms. The average Bonchev–Trinajstić information content (AvgIpc) is 2.72. The fourth-order valence-electron chi connectivity index (χ4n) is 1.99. The van der Waals surface area contributed by atoms with Gasteiger partial charge in [-0.1, -0.05) is 6.07 Å². The third kappa shape index (κ3) is 3.80. The van der Waals surface area contributed by atoms with Gasteiger partial charge in [-0.05, 0) is 24.1 Å². The largest absolute Gasteiger partial charge is 0.352 e. The zero-order chi connectivity index (χ0) is 14.8. The van der Waals surface area contributed by atoms with E-state index in [1.54, 1.807) is 18.2 Å². The molecule has 1 aromatic carbocycles. The molecular weight excluding hydrogens is 280 g/mol. The second-order valence-corrected chi connectivity index (χ2v) is 7.10. The highest BCUT2D eigenvalue weighted by atomic mass is 32.2. The molecule has 0 atom stereocenters. The van der Waals surface area contributed by atoms with Gasteiger partial charge < -0.3 is 10.6 Å². The fraction of sp³-hybridized carbons (Fsp3) is 0.385. The molecular formula is C13H16N2O4S. The topological polar surface area (TPSA) is 92.3 Å². The highest BCUT2D eigenvalue weighted by Gasteiger charge is 2.18. The summed E-state index contributed by atoms with van der Waals surface area (Å²) in [6.45, 7) is 0.301. The van der Waals surface area contributed by atoms with E-state index in [9.17, 15) is 18.0 Å². The molecule has 0 aliphatic carbocycles. The lowest BCUT2D eigenvalue weighted by atomic mass is 10.1. The van der Waals surface area contributed by atoms with Crippen LogP contribution < -0.4 is 10.6 Å². The van der Waals surface area contributed by atoms with Crippen LogP contribution in [0.1, 0.15) is 22.3 Å². The number of nitrogens with one attached hydrogen (secondary N) is 2. The van der Waals surface area contributed by atoms with E-state index in [0.717, 1.165) is 11.8 Å². The molecule has 0 unspecified atom stereocenters. The first kappa shape index (κ1) is 14.5. The van der Waals surface area contributed by atoms with Crippen molar-refractivity contribution in [2.75, 3.05) is 23.9 Å². The molecule has 2 amide bonds. The van der Waals surface area contributed by atoms with Gasteiger partial charge in [-0.3, -0.25) is 9.59 Å². The third-order valence-electron chi connectivity index (χ3n) is 2.97. The minimum atomic E-state index is -3.00. The number of carbonyl (C=O) groups is 2. The van der Waals surface area contributed by atoms with Crippen molar-refractivity contribution in [3.63, 3.8) is 0 Å². The van der Waals surface area contributed by atoms with Gasteiger partial charge in [0.25, 0.3) is 5.91 Å². The molecule has 0 fully saturated rings. The van der Waals surface area contributed by atoms with Crippen LogP contribution in [0.25, 0.3) is 0 Å². The molecule has 1 aliphatic heterocycles. The molecule has 20 heavy (non-hydrogen) atoms. The molecule has 0 saturated heterocycles. The average molecular weight is 296 g/mol. The number of carbonyl (C=O) groups excluding carboxylic acids is 2. The summed E-state index contributed by atoms with van der Waals surface area (Å²) in [4.78, 5) is 23.1. The molecule has 0 radical (unpaired) electrons. The minimum absolute atomic E-state index is 0.0491. The van der Waals surface area contributed by atoms with Crippen molar-refractivity contribution in [3.05, 3.63) is 29.3 Å². The third-order valence-corrected chi connectivity index (χ3v) is 4.00. The maximum Gasteiger partial charge on any atom is 0.251 e. The van der Waals surface area contributed by atoms with Gasteiger partial charge in [0.15, 0.2) is 0 Å². The number of sulfone groups is 1. The van der Waals surface area contributed by atoms with E-state index in [0.29, 0.717) is 30.6 Å². The zero-order valence-electron chi connectivity index (χ0n) is 11.1. The highest BCUT2D eigenvalue weighted by molar-refractivity contribution is 7.90. The molecule has 1 aromatic rings. The number of anilines is 1. The van der Waals surface area contributed by atoms with Crippen LogP contribution >= 0.6 is 0 Å². The predicted molar refractivity (Wildman–Crippen MR) is 75.4 cm³/mol. The number of fused-ring (bicyclic) bond motifs is 1. The fourth-order valence-corrected chi connectivity index (χ4v) is 2.66. The Balaban J connectivity index is 1.91. The standard InChI is InChI=1S/C13H16N2O4S/c1-20(18,19)6-2-5-14-13(17)10-4-3-9-8-12(16)15-11(9)7-10/h3-4,7H,2,5-6,8H2,1H3,(H,14,17)(H,15,16). The summed E-state index contributed by atoms with van der Waals surface area (Å²) in [6.07, 6.45) is 1.88. The molecule has 0 aromatic heterocycles. The van der Waals surface area contributed by atoms with Gasteiger partial charge in [-0.15, -0.1) is 0 Å². The normalized spacial score (nSPS) is 13.8. The Morgan fingerprint density at radius 1 is 1.40 bits per heavy atom. The first-order valence-corrected chi connectivity index (χ1v) is 8.30. The maximum atomic E-state index is 11.9. The Labute approximate surface area is 117 Å². The van der Waals surface area contributed by atoms with Crippen molar-refractivity contribution >= 4 is 27.3 Å². The van der Waals surface area contributed by atoms with Crippen LogP contribution in [-0.2, 0) is 21.1 Å². The van der Waals surface area contributed by atoms with E-state index in [1.807, 2.05) is 0 Å². The quantitative estimate of drug-likeness (QED) is 0.767. The van der Waals surface area contributed by atoms with Crippen molar-refractivity contribution < 1.29 is 18.0 Å². The van der Waals surface area contributed by atoms with Crippen LogP contribution in [0.15, 0.2) is 18.2 Å². The number of benzene rings is 1. The van der Waals surface area contributed by atoms with E-state index < -0.39 is 9.84 Å². The Bertz CT molecular complexity index is 652. The Morgan fingerprint density at radius 2 is 2.15 bits per heavy atom. The number of rotatable bonds is 5. The Kier molecular flexibility index (Phi) is 4.08. The first-order valence-electron chi connectivity index (χ1n) is 6.24. The molecule has 2 N–H and O–H groups in total. The molecule has 0 bridgehead atoms. The summed E-state index contributed by atoms with van der Waals surface area (Å²) in [6, 6.07) is 5.04. The first-order chi connectivity index (χ1) is 9.35. The molecule has 2 rings (SSSR count). The van der Waals surface area contributed by atoms with E-state index >= 15 is 0 Å². The summed E-state index contributed by atoms with van der Waals surface area (Å²) in [5, 5.41) is 5.34. The van der Waals surface area contributed by atoms with Crippen LogP contribution in [-0.4, -0.2) is 38.8 Å². The van der Waals surface area contributed by atoms with Crippen LogP contribution in [0.5, 0.6) is 0 Å². The SMILES string of the molecule is CS(=O)(=O)CCCNC(=O)c1ccc2c(c1)NC(=O)C2. The van der Waals surface area contributed by atoms with Crippen molar-refractivity contribution in [2.24, 2.45) is 0 Å². The highest BCUT2D eigenvalue weighted by Crippen LogP contribution is 2.23. The van der Waals surface area contributed by atoms with Gasteiger partial charge in [0.2, 0.25) is 5.91 Å². The van der Waals surface area contributed by atoms with Gasteiger partial charge in [0, 0.05) is 24.1 Å². The Hall–Kier alpha value is -1.89. The lowest BCUT2D eigenvalue weighted by molar-refractivity contribution is -0.115.